The molecule has 0 saturated heterocycles. The van der Waals surface area contributed by atoms with Crippen molar-refractivity contribution in [1.82, 2.24) is 0 Å². The molecule has 0 aliphatic rings. The van der Waals surface area contributed by atoms with E-state index in [-0.39, 0.29) is 11.8 Å². The second-order valence-corrected chi connectivity index (χ2v) is 5.05. The van der Waals surface area contributed by atoms with E-state index < -0.39 is 52.4 Å². The molecule has 1 aromatic carbocycles. The number of methoxy groups -OCH3 is 1. The molecule has 0 aliphatic heterocycles. The number of anilines is 1. The number of carbonyl (C=O) groups is 2. The highest BCUT2D eigenvalue weighted by Gasteiger charge is 2.35. The second-order valence-electron chi connectivity index (χ2n) is 5.05. The van der Waals surface area contributed by atoms with Crippen molar-refractivity contribution in [2.24, 2.45) is 5.92 Å². The first kappa shape index (κ1) is 22.8. The molecule has 9 nitrogen and oxygen atoms in total. The molecule has 0 radical (unpaired) electrons. The van der Waals surface area contributed by atoms with Crippen molar-refractivity contribution >= 4 is 23.7 Å². The molecular formula is C15H16F2N2O7. The highest BCUT2D eigenvalue weighted by atomic mass is 19.1. The van der Waals surface area contributed by atoms with E-state index in [1.807, 2.05) is 0 Å². The molecular weight excluding hydrogens is 358 g/mol. The lowest BCUT2D eigenvalue weighted by molar-refractivity contribution is -0.484. The predicted octanol–water partition coefficient (Wildman–Crippen LogP) is 1.51. The summed E-state index contributed by atoms with van der Waals surface area (Å²) < 4.78 is 32.9. The molecule has 142 valence electrons. The largest absolute Gasteiger partial charge is 0.469 e. The predicted molar refractivity (Wildman–Crippen MR) is 81.5 cm³/mol. The minimum atomic E-state index is -1.34. The van der Waals surface area contributed by atoms with Crippen LogP contribution < -0.4 is 5.32 Å². The van der Waals surface area contributed by atoms with E-state index in [4.69, 9.17) is 9.59 Å². The molecule has 1 amide bonds. The summed E-state index contributed by atoms with van der Waals surface area (Å²) in [6.07, 6.45) is 0.250. The smallest absolute Gasteiger partial charge is 0.373 e. The fraction of sp³-hybridized carbons (Fsp3) is 0.400. The lowest BCUT2D eigenvalue weighted by Gasteiger charge is -2.20. The van der Waals surface area contributed by atoms with Crippen molar-refractivity contribution in [2.45, 2.75) is 19.8 Å². The molecule has 26 heavy (non-hydrogen) atoms. The number of esters is 1. The third kappa shape index (κ3) is 6.73. The first-order valence-corrected chi connectivity index (χ1v) is 7.04. The zero-order valence-corrected chi connectivity index (χ0v) is 14.1. The lowest BCUT2D eigenvalue weighted by atomic mass is 9.86. The zero-order valence-electron chi connectivity index (χ0n) is 14.1. The van der Waals surface area contributed by atoms with Crippen LogP contribution in [0.2, 0.25) is 0 Å². The van der Waals surface area contributed by atoms with E-state index in [0.717, 1.165) is 19.2 Å². The van der Waals surface area contributed by atoms with E-state index in [9.17, 15) is 28.5 Å². The Morgan fingerprint density at radius 2 is 1.77 bits per heavy atom. The summed E-state index contributed by atoms with van der Waals surface area (Å²) >= 11 is 0. The molecule has 0 heterocycles. The van der Waals surface area contributed by atoms with E-state index in [0.29, 0.717) is 0 Å². The highest BCUT2D eigenvalue weighted by Crippen LogP contribution is 2.32. The van der Waals surface area contributed by atoms with Crippen LogP contribution in [-0.4, -0.2) is 36.6 Å². The van der Waals surface area contributed by atoms with Crippen molar-refractivity contribution < 1.29 is 37.6 Å². The normalized spacial score (nSPS) is 11.9. The van der Waals surface area contributed by atoms with Gasteiger partial charge in [0.1, 0.15) is 11.6 Å². The summed E-state index contributed by atoms with van der Waals surface area (Å²) in [7, 11) is 1.08. The summed E-state index contributed by atoms with van der Waals surface area (Å²) in [5.41, 5.74) is -0.712. The van der Waals surface area contributed by atoms with Gasteiger partial charge in [0.15, 0.2) is 0 Å². The Hall–Kier alpha value is -3.20. The Morgan fingerprint density at radius 1 is 1.31 bits per heavy atom. The summed E-state index contributed by atoms with van der Waals surface area (Å²) in [6, 6.07) is 1.69. The van der Waals surface area contributed by atoms with E-state index in [1.165, 1.54) is 13.8 Å². The Morgan fingerprint density at radius 3 is 2.12 bits per heavy atom. The molecule has 0 bridgehead atoms. The first-order valence-electron chi connectivity index (χ1n) is 7.04. The molecule has 1 aromatic rings. The van der Waals surface area contributed by atoms with Crippen molar-refractivity contribution in [1.29, 1.82) is 0 Å². The second kappa shape index (κ2) is 10.6. The molecule has 1 rings (SSSR count). The number of halogens is 2. The van der Waals surface area contributed by atoms with Crippen LogP contribution in [0.15, 0.2) is 12.1 Å². The first-order chi connectivity index (χ1) is 12.1. The Kier molecular flexibility index (Phi) is 9.31. The minimum Gasteiger partial charge on any atom is -0.469 e. The molecule has 0 aromatic heterocycles. The van der Waals surface area contributed by atoms with Gasteiger partial charge in [0.2, 0.25) is 12.5 Å². The molecule has 0 aliphatic carbocycles. The Balaban J connectivity index is 0.00000194. The van der Waals surface area contributed by atoms with Crippen LogP contribution in [-0.2, 0) is 23.9 Å². The van der Waals surface area contributed by atoms with Gasteiger partial charge in [-0.05, 0) is 12.1 Å². The summed E-state index contributed by atoms with van der Waals surface area (Å²) in [4.78, 5) is 48.8. The number of rotatable bonds is 6. The third-order valence-electron chi connectivity index (χ3n) is 3.29. The monoisotopic (exact) mass is 374 g/mol. The van der Waals surface area contributed by atoms with E-state index in [1.54, 1.807) is 0 Å². The van der Waals surface area contributed by atoms with Crippen LogP contribution in [0.25, 0.3) is 0 Å². The lowest BCUT2D eigenvalue weighted by Crippen LogP contribution is -2.28. The number of nitrogens with zero attached hydrogens (tertiary/aromatic N) is 1. The third-order valence-corrected chi connectivity index (χ3v) is 3.29. The Bertz CT molecular complexity index is 695. The van der Waals surface area contributed by atoms with Gasteiger partial charge in [-0.2, -0.15) is 9.59 Å². The number of carbonyl (C=O) groups excluding carboxylic acids is 4. The number of nitro groups is 1. The van der Waals surface area contributed by atoms with Gasteiger partial charge in [0, 0.05) is 23.1 Å². The number of ether oxygens (including phenoxy) is 1. The number of hydrogen-bond acceptors (Lipinski definition) is 7. The van der Waals surface area contributed by atoms with Gasteiger partial charge in [0.25, 0.3) is 0 Å². The molecule has 11 heteroatoms. The molecule has 0 spiro atoms. The van der Waals surface area contributed by atoms with Crippen molar-refractivity contribution in [3.63, 3.8) is 0 Å². The topological polar surface area (TPSA) is 133 Å². The fourth-order valence-electron chi connectivity index (χ4n) is 2.22. The maximum atomic E-state index is 14.2. The molecule has 0 saturated carbocycles. The highest BCUT2D eigenvalue weighted by molar-refractivity contribution is 5.88. The van der Waals surface area contributed by atoms with E-state index in [2.05, 4.69) is 10.1 Å². The van der Waals surface area contributed by atoms with Gasteiger partial charge in [0.05, 0.1) is 18.9 Å². The SMILES string of the molecule is COC(=O)C(C)[C@@H](C[N+](=O)[O-])c1c(F)cc(NC(C)=O)cc1F.O=C=O. The molecule has 2 atom stereocenters. The quantitative estimate of drug-likeness (QED) is 0.453. The van der Waals surface area contributed by atoms with Gasteiger partial charge in [-0.25, -0.2) is 8.78 Å². The van der Waals surface area contributed by atoms with Gasteiger partial charge >= 0.3 is 12.1 Å². The van der Waals surface area contributed by atoms with Crippen LogP contribution in [0.1, 0.15) is 25.3 Å². The van der Waals surface area contributed by atoms with Crippen LogP contribution in [0.5, 0.6) is 0 Å². The van der Waals surface area contributed by atoms with Crippen LogP contribution in [0.3, 0.4) is 0 Å². The van der Waals surface area contributed by atoms with Crippen LogP contribution in [0, 0.1) is 27.7 Å². The van der Waals surface area contributed by atoms with Gasteiger partial charge < -0.3 is 10.1 Å². The molecule has 1 N–H and O–H groups in total. The average Bonchev–Trinajstić information content (AvgIpc) is 2.51. The average molecular weight is 374 g/mol. The van der Waals surface area contributed by atoms with Gasteiger partial charge in [-0.15, -0.1) is 0 Å². The zero-order chi connectivity index (χ0) is 20.4. The van der Waals surface area contributed by atoms with Crippen LogP contribution in [0.4, 0.5) is 14.5 Å². The van der Waals surface area contributed by atoms with Crippen molar-refractivity contribution in [2.75, 3.05) is 19.0 Å². The standard InChI is InChI=1S/C14H16F2N2O5.CO2/c1-7(14(20)23-3)10(6-18(21)22)13-11(15)4-9(5-12(13)16)17-8(2)19;2-1-3/h4-5,7,10H,6H2,1-3H3,(H,17,19);/t7?,10-;/m1./s1. The summed E-state index contributed by atoms with van der Waals surface area (Å²) in [5, 5.41) is 13.0. The minimum absolute atomic E-state index is 0.123. The van der Waals surface area contributed by atoms with Crippen molar-refractivity contribution in [3.8, 4) is 0 Å². The number of benzene rings is 1. The fourth-order valence-corrected chi connectivity index (χ4v) is 2.22. The Labute approximate surface area is 146 Å². The van der Waals surface area contributed by atoms with E-state index >= 15 is 0 Å². The molecule has 1 unspecified atom stereocenters. The summed E-state index contributed by atoms with van der Waals surface area (Å²) in [6.45, 7) is 1.61. The van der Waals surface area contributed by atoms with Crippen LogP contribution >= 0.6 is 0 Å². The maximum Gasteiger partial charge on any atom is 0.373 e. The number of hydrogen-bond donors (Lipinski definition) is 1. The number of nitrogens with one attached hydrogen (secondary N) is 1. The molecule has 0 fully saturated rings. The van der Waals surface area contributed by atoms with Crippen molar-refractivity contribution in [3.05, 3.63) is 39.4 Å². The number of amides is 1. The maximum absolute atomic E-state index is 14.2. The summed E-state index contributed by atoms with van der Waals surface area (Å²) in [5.74, 6) is -5.99. The van der Waals surface area contributed by atoms with Gasteiger partial charge in [-0.3, -0.25) is 19.7 Å². The van der Waals surface area contributed by atoms with Gasteiger partial charge in [-0.1, -0.05) is 6.92 Å².